The number of fused-ring (bicyclic) bond motifs is 5. The van der Waals surface area contributed by atoms with Gasteiger partial charge in [-0.3, -0.25) is 9.59 Å². The molecule has 0 saturated carbocycles. The van der Waals surface area contributed by atoms with Crippen LogP contribution in [-0.2, 0) is 25.2 Å². The molecule has 3 saturated heterocycles. The van der Waals surface area contributed by atoms with Gasteiger partial charge in [0.25, 0.3) is 0 Å². The zero-order chi connectivity index (χ0) is 23.6. The molecule has 1 N–H and O–H groups in total. The monoisotopic (exact) mass is 451 g/mol. The molecule has 0 aromatic heterocycles. The van der Waals surface area contributed by atoms with Crippen LogP contribution in [0.15, 0.2) is 18.2 Å². The first-order valence-corrected chi connectivity index (χ1v) is 10.0. The summed E-state index contributed by atoms with van der Waals surface area (Å²) in [5, 5.41) is 11.5. The van der Waals surface area contributed by atoms with Gasteiger partial charge in [0, 0.05) is 13.0 Å². The molecule has 0 aliphatic carbocycles. The predicted molar refractivity (Wildman–Crippen MR) is 102 cm³/mol. The molecule has 3 aliphatic heterocycles. The minimum atomic E-state index is -4.84. The standard InChI is InChI=1S/C21H20F3N3O5/c1-4-26-18(30)31-13-8-19(2)14-15(20(13,3)32-19)17(29)27(16(14)28)11-6-5-10(9-25)12(7-11)21(22,23)24/h5-7,13-15H,4,8H2,1-3H3,(H,26,30)/t13-,14+,15-,19?,20?/m1/s1. The predicted octanol–water partition coefficient (Wildman–Crippen LogP) is 2.75. The first-order chi connectivity index (χ1) is 14.9. The molecular formula is C21H20F3N3O5. The highest BCUT2D eigenvalue weighted by Crippen LogP contribution is 2.61. The van der Waals surface area contributed by atoms with E-state index in [4.69, 9.17) is 14.7 Å². The van der Waals surface area contributed by atoms with Gasteiger partial charge in [-0.25, -0.2) is 9.69 Å². The van der Waals surface area contributed by atoms with Crippen molar-refractivity contribution >= 4 is 23.6 Å². The molecule has 3 fully saturated rings. The van der Waals surface area contributed by atoms with Crippen molar-refractivity contribution < 1.29 is 37.0 Å². The number of rotatable bonds is 3. The Bertz CT molecular complexity index is 1070. The van der Waals surface area contributed by atoms with Gasteiger partial charge in [0.2, 0.25) is 11.8 Å². The van der Waals surface area contributed by atoms with Crippen LogP contribution in [0.4, 0.5) is 23.7 Å². The van der Waals surface area contributed by atoms with Crippen LogP contribution in [0, 0.1) is 23.2 Å². The Kier molecular flexibility index (Phi) is 4.78. The molecular weight excluding hydrogens is 431 g/mol. The Morgan fingerprint density at radius 3 is 2.56 bits per heavy atom. The van der Waals surface area contributed by atoms with Crippen molar-refractivity contribution in [3.05, 3.63) is 29.3 Å². The second-order valence-corrected chi connectivity index (χ2v) is 8.53. The normalized spacial score (nSPS) is 33.3. The van der Waals surface area contributed by atoms with Crippen molar-refractivity contribution in [2.45, 2.75) is 50.7 Å². The summed E-state index contributed by atoms with van der Waals surface area (Å²) in [6.07, 6.45) is -6.18. The molecule has 32 heavy (non-hydrogen) atoms. The molecule has 3 heterocycles. The lowest BCUT2D eigenvalue weighted by Crippen LogP contribution is -2.51. The van der Waals surface area contributed by atoms with Crippen LogP contribution in [0.3, 0.4) is 0 Å². The third kappa shape index (κ3) is 2.97. The maximum atomic E-state index is 13.4. The lowest BCUT2D eigenvalue weighted by atomic mass is 9.67. The molecule has 0 radical (unpaired) electrons. The Morgan fingerprint density at radius 2 is 1.97 bits per heavy atom. The van der Waals surface area contributed by atoms with Crippen LogP contribution >= 0.6 is 0 Å². The van der Waals surface area contributed by atoms with E-state index < -0.39 is 64.4 Å². The maximum Gasteiger partial charge on any atom is 0.417 e. The summed E-state index contributed by atoms with van der Waals surface area (Å²) in [7, 11) is 0. The number of hydrogen-bond acceptors (Lipinski definition) is 6. The number of alkyl halides is 3. The summed E-state index contributed by atoms with van der Waals surface area (Å²) >= 11 is 0. The van der Waals surface area contributed by atoms with Crippen molar-refractivity contribution in [3.8, 4) is 6.07 Å². The van der Waals surface area contributed by atoms with Gasteiger partial charge in [-0.15, -0.1) is 0 Å². The second-order valence-electron chi connectivity index (χ2n) is 8.53. The molecule has 1 aromatic rings. The summed E-state index contributed by atoms with van der Waals surface area (Å²) in [5.74, 6) is -3.37. The smallest absolute Gasteiger partial charge is 0.417 e. The number of halogens is 3. The van der Waals surface area contributed by atoms with Gasteiger partial charge in [-0.1, -0.05) is 0 Å². The quantitative estimate of drug-likeness (QED) is 0.708. The molecule has 11 heteroatoms. The first kappa shape index (κ1) is 22.1. The summed E-state index contributed by atoms with van der Waals surface area (Å²) in [6.45, 7) is 5.24. The third-order valence-corrected chi connectivity index (χ3v) is 6.52. The number of nitrogens with zero attached hydrogens (tertiary/aromatic N) is 2. The minimum absolute atomic E-state index is 0.163. The van der Waals surface area contributed by atoms with E-state index in [-0.39, 0.29) is 12.1 Å². The van der Waals surface area contributed by atoms with E-state index >= 15 is 0 Å². The van der Waals surface area contributed by atoms with Crippen molar-refractivity contribution in [3.63, 3.8) is 0 Å². The fraction of sp³-hybridized carbons (Fsp3) is 0.524. The topological polar surface area (TPSA) is 109 Å². The number of hydrogen-bond donors (Lipinski definition) is 1. The number of nitrogens with one attached hydrogen (secondary N) is 1. The largest absolute Gasteiger partial charge is 0.443 e. The molecule has 0 spiro atoms. The van der Waals surface area contributed by atoms with Crippen molar-refractivity contribution in [1.29, 1.82) is 5.26 Å². The van der Waals surface area contributed by atoms with Gasteiger partial charge in [0.15, 0.2) is 0 Å². The second kappa shape index (κ2) is 6.93. The van der Waals surface area contributed by atoms with E-state index in [1.807, 2.05) is 0 Å². The molecule has 5 atom stereocenters. The Hall–Kier alpha value is -3.13. The zero-order valence-electron chi connectivity index (χ0n) is 17.4. The van der Waals surface area contributed by atoms with Crippen molar-refractivity contribution in [2.75, 3.05) is 11.4 Å². The van der Waals surface area contributed by atoms with E-state index in [1.54, 1.807) is 20.8 Å². The van der Waals surface area contributed by atoms with Crippen LogP contribution < -0.4 is 10.2 Å². The summed E-state index contributed by atoms with van der Waals surface area (Å²) in [6, 6.07) is 4.17. The van der Waals surface area contributed by atoms with Crippen molar-refractivity contribution in [1.82, 2.24) is 5.32 Å². The number of alkyl carbamates (subject to hydrolysis) is 1. The maximum absolute atomic E-state index is 13.4. The van der Waals surface area contributed by atoms with Gasteiger partial charge < -0.3 is 14.8 Å². The highest BCUT2D eigenvalue weighted by Gasteiger charge is 2.76. The number of ether oxygens (including phenoxy) is 2. The number of anilines is 1. The van der Waals surface area contributed by atoms with Crippen LogP contribution in [0.2, 0.25) is 0 Å². The third-order valence-electron chi connectivity index (χ3n) is 6.52. The fourth-order valence-corrected chi connectivity index (χ4v) is 5.23. The molecule has 1 aromatic carbocycles. The lowest BCUT2D eigenvalue weighted by Gasteiger charge is -2.34. The molecule has 8 nitrogen and oxygen atoms in total. The summed E-state index contributed by atoms with van der Waals surface area (Å²) < 4.78 is 51.7. The first-order valence-electron chi connectivity index (χ1n) is 10.0. The fourth-order valence-electron chi connectivity index (χ4n) is 5.23. The van der Waals surface area contributed by atoms with Crippen LogP contribution in [-0.4, -0.2) is 41.8 Å². The molecule has 2 bridgehead atoms. The molecule has 3 aliphatic rings. The number of carbonyl (C=O) groups is 3. The van der Waals surface area contributed by atoms with Gasteiger partial charge >= 0.3 is 12.3 Å². The van der Waals surface area contributed by atoms with E-state index in [1.165, 1.54) is 6.07 Å². The lowest BCUT2D eigenvalue weighted by molar-refractivity contribution is -0.138. The summed E-state index contributed by atoms with van der Waals surface area (Å²) in [5.41, 5.74) is -4.56. The number of carbonyl (C=O) groups excluding carboxylic acids is 3. The van der Waals surface area contributed by atoms with Crippen LogP contribution in [0.1, 0.15) is 38.3 Å². The minimum Gasteiger partial charge on any atom is -0.443 e. The molecule has 3 amide bonds. The number of imide groups is 1. The average molecular weight is 451 g/mol. The Labute approximate surface area is 181 Å². The Morgan fingerprint density at radius 1 is 1.31 bits per heavy atom. The molecule has 170 valence electrons. The van der Waals surface area contributed by atoms with E-state index in [0.717, 1.165) is 17.0 Å². The Balaban J connectivity index is 1.72. The number of nitriles is 1. The van der Waals surface area contributed by atoms with E-state index in [0.29, 0.717) is 12.6 Å². The van der Waals surface area contributed by atoms with Gasteiger partial charge in [0.05, 0.1) is 40.3 Å². The van der Waals surface area contributed by atoms with Gasteiger partial charge in [0.1, 0.15) is 11.7 Å². The van der Waals surface area contributed by atoms with Gasteiger partial charge in [-0.2, -0.15) is 18.4 Å². The van der Waals surface area contributed by atoms with E-state index in [2.05, 4.69) is 5.32 Å². The SMILES string of the molecule is CCNC(=O)O[C@@H]1CC2(C)OC1(C)[C@H]1C(=O)N(c3ccc(C#N)c(C(F)(F)F)c3)C(=O)[C@H]12. The van der Waals surface area contributed by atoms with Gasteiger partial charge in [-0.05, 0) is 39.0 Å². The zero-order valence-corrected chi connectivity index (χ0v) is 17.4. The number of benzene rings is 1. The highest BCUT2D eigenvalue weighted by atomic mass is 19.4. The number of amides is 3. The van der Waals surface area contributed by atoms with Crippen molar-refractivity contribution in [2.24, 2.45) is 11.8 Å². The van der Waals surface area contributed by atoms with Crippen LogP contribution in [0.25, 0.3) is 0 Å². The summed E-state index contributed by atoms with van der Waals surface area (Å²) in [4.78, 5) is 39.2. The highest BCUT2D eigenvalue weighted by molar-refractivity contribution is 6.23. The molecule has 4 rings (SSSR count). The van der Waals surface area contributed by atoms with Crippen LogP contribution in [0.5, 0.6) is 0 Å². The average Bonchev–Trinajstić information content (AvgIpc) is 3.21. The molecule has 2 unspecified atom stereocenters. The van der Waals surface area contributed by atoms with E-state index in [9.17, 15) is 27.6 Å².